The maximum atomic E-state index is 14.1. The van der Waals surface area contributed by atoms with Crippen molar-refractivity contribution in [1.82, 2.24) is 0 Å². The van der Waals surface area contributed by atoms with E-state index in [-0.39, 0.29) is 41.4 Å². The van der Waals surface area contributed by atoms with E-state index < -0.39 is 17.6 Å². The van der Waals surface area contributed by atoms with Gasteiger partial charge in [0.1, 0.15) is 0 Å². The molecular weight excluding hydrogens is 421 g/mol. The number of anilines is 3. The highest BCUT2D eigenvalue weighted by atomic mass is 35.5. The molecule has 160 valence electrons. The molecule has 2 aromatic rings. The van der Waals surface area contributed by atoms with Crippen LogP contribution in [0.3, 0.4) is 0 Å². The number of nitrogens with one attached hydrogen (secondary N) is 1. The third-order valence-electron chi connectivity index (χ3n) is 6.17. The molecule has 0 radical (unpaired) electrons. The molecule has 0 spiro atoms. The quantitative estimate of drug-likeness (QED) is 0.785. The lowest BCUT2D eigenvalue weighted by Gasteiger charge is -2.20. The van der Waals surface area contributed by atoms with Crippen molar-refractivity contribution in [2.75, 3.05) is 28.2 Å². The number of rotatable bonds is 4. The Labute approximate surface area is 184 Å². The Morgan fingerprint density at radius 1 is 1.13 bits per heavy atom. The Kier molecular flexibility index (Phi) is 4.93. The van der Waals surface area contributed by atoms with Crippen LogP contribution < -0.4 is 15.1 Å². The smallest absolute Gasteiger partial charge is 0.230 e. The van der Waals surface area contributed by atoms with E-state index >= 15 is 0 Å². The highest BCUT2D eigenvalue weighted by molar-refractivity contribution is 6.31. The van der Waals surface area contributed by atoms with E-state index in [0.717, 1.165) is 30.5 Å². The average molecular weight is 442 g/mol. The fourth-order valence-electron chi connectivity index (χ4n) is 4.30. The maximum Gasteiger partial charge on any atom is 0.230 e. The largest absolute Gasteiger partial charge is 0.323 e. The minimum atomic E-state index is -0.692. The summed E-state index contributed by atoms with van der Waals surface area (Å²) >= 11 is 5.77. The second-order valence-corrected chi connectivity index (χ2v) is 8.73. The van der Waals surface area contributed by atoms with Crippen molar-refractivity contribution in [2.45, 2.75) is 25.7 Å². The van der Waals surface area contributed by atoms with E-state index in [1.807, 2.05) is 23.1 Å². The lowest BCUT2D eigenvalue weighted by molar-refractivity contribution is -0.122. The zero-order chi connectivity index (χ0) is 21.7. The maximum absolute atomic E-state index is 14.1. The van der Waals surface area contributed by atoms with E-state index in [4.69, 9.17) is 11.6 Å². The van der Waals surface area contributed by atoms with Crippen LogP contribution in [0.2, 0.25) is 5.02 Å². The van der Waals surface area contributed by atoms with Crippen molar-refractivity contribution < 1.29 is 18.8 Å². The minimum Gasteiger partial charge on any atom is -0.323 e. The number of amides is 3. The van der Waals surface area contributed by atoms with Gasteiger partial charge in [-0.25, -0.2) is 4.39 Å². The van der Waals surface area contributed by atoms with Crippen LogP contribution in [0.25, 0.3) is 0 Å². The predicted octanol–water partition coefficient (Wildman–Crippen LogP) is 3.77. The Hall–Kier alpha value is -2.93. The van der Waals surface area contributed by atoms with Crippen LogP contribution in [0.5, 0.6) is 0 Å². The third kappa shape index (κ3) is 3.67. The highest BCUT2D eigenvalue weighted by Gasteiger charge is 2.38. The Morgan fingerprint density at radius 2 is 1.94 bits per heavy atom. The topological polar surface area (TPSA) is 69.7 Å². The van der Waals surface area contributed by atoms with Crippen molar-refractivity contribution in [3.8, 4) is 0 Å². The van der Waals surface area contributed by atoms with Gasteiger partial charge in [-0.3, -0.25) is 14.4 Å². The molecule has 3 aliphatic rings. The molecule has 1 saturated carbocycles. The Bertz CT molecular complexity index is 1100. The summed E-state index contributed by atoms with van der Waals surface area (Å²) in [5.74, 6) is -1.51. The summed E-state index contributed by atoms with van der Waals surface area (Å²) in [5, 5.41) is 2.47. The summed E-state index contributed by atoms with van der Waals surface area (Å²) in [5.41, 5.74) is 2.67. The number of hydrogen-bond acceptors (Lipinski definition) is 3. The molecule has 8 heteroatoms. The van der Waals surface area contributed by atoms with Crippen molar-refractivity contribution in [3.63, 3.8) is 0 Å². The first-order chi connectivity index (χ1) is 14.9. The predicted molar refractivity (Wildman–Crippen MR) is 116 cm³/mol. The molecule has 2 aliphatic heterocycles. The van der Waals surface area contributed by atoms with Crippen molar-refractivity contribution >= 4 is 46.4 Å². The number of carbonyl (C=O) groups excluding carboxylic acids is 3. The van der Waals surface area contributed by atoms with Crippen LogP contribution in [0, 0.1) is 17.7 Å². The standard InChI is InChI=1S/C23H21ClFN3O3/c24-17-2-1-3-18(21(17)25)26-22(30)15-11-20(29)28(12-15)16-6-7-19-14(10-16)8-9-27(19)23(31)13-4-5-13/h1-3,6-7,10,13,15H,4-5,8-9,11-12H2,(H,26,30)/t15-/m1/s1. The highest BCUT2D eigenvalue weighted by Crippen LogP contribution is 2.38. The van der Waals surface area contributed by atoms with Gasteiger partial charge in [0.25, 0.3) is 0 Å². The van der Waals surface area contributed by atoms with Crippen LogP contribution in [0.4, 0.5) is 21.5 Å². The summed E-state index contributed by atoms with van der Waals surface area (Å²) in [6.07, 6.45) is 2.74. The summed E-state index contributed by atoms with van der Waals surface area (Å²) in [4.78, 5) is 41.1. The summed E-state index contributed by atoms with van der Waals surface area (Å²) in [6.45, 7) is 0.884. The molecule has 31 heavy (non-hydrogen) atoms. The van der Waals surface area contributed by atoms with E-state index in [2.05, 4.69) is 5.32 Å². The van der Waals surface area contributed by atoms with Crippen molar-refractivity contribution in [1.29, 1.82) is 0 Å². The monoisotopic (exact) mass is 441 g/mol. The Balaban J connectivity index is 1.30. The first kappa shape index (κ1) is 20.0. The van der Waals surface area contributed by atoms with Crippen LogP contribution in [0.1, 0.15) is 24.8 Å². The van der Waals surface area contributed by atoms with Gasteiger partial charge in [0.15, 0.2) is 5.82 Å². The third-order valence-corrected chi connectivity index (χ3v) is 6.46. The number of hydrogen-bond donors (Lipinski definition) is 1. The zero-order valence-electron chi connectivity index (χ0n) is 16.7. The molecule has 1 N–H and O–H groups in total. The molecule has 2 heterocycles. The van der Waals surface area contributed by atoms with Crippen molar-refractivity contribution in [3.05, 3.63) is 52.8 Å². The Morgan fingerprint density at radius 3 is 2.71 bits per heavy atom. The van der Waals surface area contributed by atoms with E-state index in [1.165, 1.54) is 12.1 Å². The number of halogens is 2. The lowest BCUT2D eigenvalue weighted by atomic mass is 10.1. The molecule has 1 saturated heterocycles. The van der Waals surface area contributed by atoms with Gasteiger partial charge >= 0.3 is 0 Å². The number of carbonyl (C=O) groups is 3. The first-order valence-electron chi connectivity index (χ1n) is 10.4. The van der Waals surface area contributed by atoms with Gasteiger partial charge in [0.2, 0.25) is 17.7 Å². The van der Waals surface area contributed by atoms with Crippen LogP contribution in [-0.2, 0) is 20.8 Å². The number of nitrogens with zero attached hydrogens (tertiary/aromatic N) is 2. The first-order valence-corrected chi connectivity index (χ1v) is 10.8. The molecule has 5 rings (SSSR count). The van der Waals surface area contributed by atoms with Crippen LogP contribution in [0.15, 0.2) is 36.4 Å². The normalized spacial score (nSPS) is 20.2. The SMILES string of the molecule is O=C(Nc1cccc(Cl)c1F)[C@@H]1CC(=O)N(c2ccc3c(c2)CCN3C(=O)C2CC2)C1. The van der Waals surface area contributed by atoms with Crippen LogP contribution in [-0.4, -0.2) is 30.8 Å². The molecule has 6 nitrogen and oxygen atoms in total. The van der Waals surface area contributed by atoms with Gasteiger partial charge in [-0.05, 0) is 55.2 Å². The van der Waals surface area contributed by atoms with Gasteiger partial charge in [-0.15, -0.1) is 0 Å². The fourth-order valence-corrected chi connectivity index (χ4v) is 4.48. The summed E-state index contributed by atoms with van der Waals surface area (Å²) in [7, 11) is 0. The van der Waals surface area contributed by atoms with Crippen LogP contribution >= 0.6 is 11.6 Å². The second-order valence-electron chi connectivity index (χ2n) is 8.32. The molecular formula is C23H21ClFN3O3. The average Bonchev–Trinajstić information content (AvgIpc) is 3.41. The summed E-state index contributed by atoms with van der Waals surface area (Å²) < 4.78 is 14.1. The van der Waals surface area contributed by atoms with Gasteiger partial charge in [-0.2, -0.15) is 0 Å². The van der Waals surface area contributed by atoms with E-state index in [0.29, 0.717) is 12.2 Å². The number of fused-ring (bicyclic) bond motifs is 1. The minimum absolute atomic E-state index is 0.00125. The van der Waals surface area contributed by atoms with Gasteiger partial charge in [0, 0.05) is 36.8 Å². The van der Waals surface area contributed by atoms with Gasteiger partial charge < -0.3 is 15.1 Å². The molecule has 0 unspecified atom stereocenters. The molecule has 0 aromatic heterocycles. The lowest BCUT2D eigenvalue weighted by Crippen LogP contribution is -2.30. The van der Waals surface area contributed by atoms with Gasteiger partial charge in [-0.1, -0.05) is 17.7 Å². The second kappa shape index (κ2) is 7.64. The molecule has 2 fully saturated rings. The van der Waals surface area contributed by atoms with E-state index in [1.54, 1.807) is 11.0 Å². The van der Waals surface area contributed by atoms with Crippen molar-refractivity contribution in [2.24, 2.45) is 11.8 Å². The molecule has 1 aliphatic carbocycles. The molecule has 2 aromatic carbocycles. The molecule has 3 amide bonds. The number of benzene rings is 2. The molecule has 0 bridgehead atoms. The van der Waals surface area contributed by atoms with E-state index in [9.17, 15) is 18.8 Å². The fraction of sp³-hybridized carbons (Fsp3) is 0.348. The summed E-state index contributed by atoms with van der Waals surface area (Å²) in [6, 6.07) is 10.0. The molecule has 1 atom stereocenters. The zero-order valence-corrected chi connectivity index (χ0v) is 17.5. The van der Waals surface area contributed by atoms with Gasteiger partial charge in [0.05, 0.1) is 16.6 Å².